The van der Waals surface area contributed by atoms with Gasteiger partial charge in [-0.25, -0.2) is 0 Å². The average molecular weight is 989 g/mol. The van der Waals surface area contributed by atoms with Gasteiger partial charge in [0.1, 0.15) is 36.2 Å². The normalized spacial score (nSPS) is 12.0. The average Bonchev–Trinajstić information content (AvgIpc) is 3.29. The number of carbonyl (C=O) groups is 2. The van der Waals surface area contributed by atoms with Gasteiger partial charge in [-0.1, -0.05) is 129 Å². The maximum atomic E-state index is 13.5. The number of benzene rings is 6. The number of amides is 2. The summed E-state index contributed by atoms with van der Waals surface area (Å²) in [5.74, 6) is 2.71. The molecule has 0 saturated carbocycles. The van der Waals surface area contributed by atoms with Crippen LogP contribution in [0.5, 0.6) is 23.0 Å². The summed E-state index contributed by atoms with van der Waals surface area (Å²) in [4.78, 5) is 30.7. The number of ether oxygens (including phenoxy) is 4. The zero-order valence-corrected chi connectivity index (χ0v) is 40.3. The van der Waals surface area contributed by atoms with Crippen molar-refractivity contribution in [1.29, 1.82) is 0 Å². The fourth-order valence-electron chi connectivity index (χ4n) is 8.41. The monoisotopic (exact) mass is 986 g/mol. The highest BCUT2D eigenvalue weighted by atomic mass is 79.9. The van der Waals surface area contributed by atoms with Crippen molar-refractivity contribution in [3.63, 3.8) is 0 Å². The Bertz CT molecular complexity index is 2270. The molecule has 0 fully saturated rings. The number of hydrogen-bond donors (Lipinski definition) is 0. The summed E-state index contributed by atoms with van der Waals surface area (Å²) in [6, 6.07) is 41.2. The number of rotatable bonds is 16. The molecule has 1 aliphatic rings. The van der Waals surface area contributed by atoms with E-state index in [1.807, 2.05) is 64.1 Å². The van der Waals surface area contributed by atoms with Crippen LogP contribution in [0.2, 0.25) is 0 Å². The van der Waals surface area contributed by atoms with E-state index in [2.05, 4.69) is 117 Å². The van der Waals surface area contributed by atoms with Crippen molar-refractivity contribution in [2.24, 2.45) is 0 Å². The first-order valence-corrected chi connectivity index (χ1v) is 23.7. The summed E-state index contributed by atoms with van der Waals surface area (Å²) in [6.45, 7) is 10.9. The number of likely N-dealkylation sites (N-methyl/N-ethyl adjacent to an activating group) is 2. The Morgan fingerprint density at radius 3 is 1.02 bits per heavy atom. The second kappa shape index (κ2) is 22.4. The zero-order valence-electron chi connectivity index (χ0n) is 37.1. The molecule has 0 saturated heterocycles. The lowest BCUT2D eigenvalue weighted by atomic mass is 9.91. The Morgan fingerprint density at radius 2 is 0.719 bits per heavy atom. The van der Waals surface area contributed by atoms with Crippen molar-refractivity contribution in [2.45, 2.75) is 66.6 Å². The van der Waals surface area contributed by atoms with E-state index in [9.17, 15) is 9.59 Å². The molecule has 0 spiro atoms. The third kappa shape index (κ3) is 11.6. The fraction of sp³-hybridized carbons (Fsp3) is 0.296. The van der Waals surface area contributed by atoms with E-state index in [1.54, 1.807) is 9.80 Å². The van der Waals surface area contributed by atoms with Crippen LogP contribution in [0, 0.1) is 0 Å². The third-order valence-corrected chi connectivity index (χ3v) is 12.6. The zero-order chi connectivity index (χ0) is 45.0. The van der Waals surface area contributed by atoms with E-state index >= 15 is 0 Å². The van der Waals surface area contributed by atoms with Gasteiger partial charge in [-0.2, -0.15) is 0 Å². The van der Waals surface area contributed by atoms with Gasteiger partial charge in [0.15, 0.2) is 13.2 Å². The topological polar surface area (TPSA) is 77.5 Å². The van der Waals surface area contributed by atoms with Crippen LogP contribution in [0.1, 0.15) is 83.3 Å². The summed E-state index contributed by atoms with van der Waals surface area (Å²) in [5, 5.41) is 0. The van der Waals surface area contributed by atoms with Crippen molar-refractivity contribution < 1.29 is 28.5 Å². The Morgan fingerprint density at radius 1 is 0.422 bits per heavy atom. The molecule has 10 heteroatoms. The molecule has 0 radical (unpaired) electrons. The van der Waals surface area contributed by atoms with Gasteiger partial charge in [-0.3, -0.25) is 9.59 Å². The highest BCUT2D eigenvalue weighted by Crippen LogP contribution is 2.41. The van der Waals surface area contributed by atoms with Gasteiger partial charge < -0.3 is 28.7 Å². The van der Waals surface area contributed by atoms with E-state index in [0.29, 0.717) is 76.6 Å². The second-order valence-electron chi connectivity index (χ2n) is 15.9. The molecule has 6 aromatic carbocycles. The van der Waals surface area contributed by atoms with Crippen LogP contribution in [0.3, 0.4) is 0 Å². The minimum atomic E-state index is -0.0960. The lowest BCUT2D eigenvalue weighted by Crippen LogP contribution is -2.34. The van der Waals surface area contributed by atoms with Crippen LogP contribution >= 0.6 is 31.9 Å². The molecule has 0 atom stereocenters. The van der Waals surface area contributed by atoms with E-state index in [4.69, 9.17) is 18.9 Å². The third-order valence-electron chi connectivity index (χ3n) is 11.7. The minimum Gasteiger partial charge on any atom is -0.488 e. The number of hydrogen-bond acceptors (Lipinski definition) is 6. The molecule has 332 valence electrons. The first-order valence-electron chi connectivity index (χ1n) is 22.2. The lowest BCUT2D eigenvalue weighted by molar-refractivity contribution is -0.133. The molecule has 0 heterocycles. The molecule has 64 heavy (non-hydrogen) atoms. The minimum absolute atomic E-state index is 0.0705. The predicted molar refractivity (Wildman–Crippen MR) is 261 cm³/mol. The van der Waals surface area contributed by atoms with Crippen molar-refractivity contribution in [1.82, 2.24) is 9.80 Å². The van der Waals surface area contributed by atoms with Gasteiger partial charge in [0.05, 0.1) is 0 Å². The number of halogens is 2. The highest BCUT2D eigenvalue weighted by molar-refractivity contribution is 9.10. The van der Waals surface area contributed by atoms with E-state index in [1.165, 1.54) is 0 Å². The lowest BCUT2D eigenvalue weighted by Gasteiger charge is -2.24. The molecule has 7 rings (SSSR count). The Balaban J connectivity index is 1.43. The van der Waals surface area contributed by atoms with Crippen molar-refractivity contribution in [3.8, 4) is 23.0 Å². The summed E-state index contributed by atoms with van der Waals surface area (Å²) in [6.07, 6.45) is 1.84. The molecule has 0 N–H and O–H groups in total. The highest BCUT2D eigenvalue weighted by Gasteiger charge is 2.25. The van der Waals surface area contributed by atoms with Crippen molar-refractivity contribution in [2.75, 3.05) is 39.4 Å². The number of carbonyl (C=O) groups excluding carboxylic acids is 2. The predicted octanol–water partition coefficient (Wildman–Crippen LogP) is 11.5. The second-order valence-corrected chi connectivity index (χ2v) is 17.7. The molecule has 0 aromatic heterocycles. The molecule has 6 aromatic rings. The van der Waals surface area contributed by atoms with Gasteiger partial charge in [0.25, 0.3) is 11.8 Å². The first-order chi connectivity index (χ1) is 31.2. The van der Waals surface area contributed by atoms with Crippen LogP contribution in [-0.2, 0) is 48.5 Å². The molecule has 0 unspecified atom stereocenters. The van der Waals surface area contributed by atoms with Crippen molar-refractivity contribution >= 4 is 43.7 Å². The SMILES string of the molecule is CCN(CC)C(=O)COc1c2cc(Br)cc1Cc1cccc(c1OCc1ccccc1)Cc1cc(Br)cc(c1OCC(=O)N(CC)CC)Cc1cccc(c1OCc1ccccc1)C2. The Kier molecular flexibility index (Phi) is 16.2. The van der Waals surface area contributed by atoms with Gasteiger partial charge in [0.2, 0.25) is 0 Å². The standard InChI is InChI=1S/C54H56Br2N2O6/c1-5-57(6-2)49(59)35-63-53-43-25-39-21-15-23-41(51(39)61-33-37-17-11-9-12-18-37)27-45-31-48(56)32-46(54(45)64-36-50(60)58(7-3)8-4)28-42-24-16-22-40(26-44(53)30-47(55)29-43)52(42)62-34-38-19-13-10-14-20-38/h9-24,29-32H,5-8,25-28,33-36H2,1-4H3. The maximum absolute atomic E-state index is 13.5. The summed E-state index contributed by atoms with van der Waals surface area (Å²) in [7, 11) is 0. The van der Waals surface area contributed by atoms with Crippen LogP contribution in [0.25, 0.3) is 0 Å². The van der Waals surface area contributed by atoms with Gasteiger partial charge >= 0.3 is 0 Å². The van der Waals surface area contributed by atoms with E-state index < -0.39 is 0 Å². The van der Waals surface area contributed by atoms with Crippen LogP contribution in [0.4, 0.5) is 0 Å². The molecule has 1 aliphatic carbocycles. The van der Waals surface area contributed by atoms with E-state index in [-0.39, 0.29) is 25.0 Å². The Hall–Kier alpha value is -5.58. The van der Waals surface area contributed by atoms with Crippen LogP contribution in [0.15, 0.2) is 130 Å². The van der Waals surface area contributed by atoms with Crippen LogP contribution in [-0.4, -0.2) is 61.0 Å². The molecule has 2 amide bonds. The largest absolute Gasteiger partial charge is 0.488 e. The number of nitrogens with zero attached hydrogens (tertiary/aromatic N) is 2. The fourth-order valence-corrected chi connectivity index (χ4v) is 9.51. The number of para-hydroxylation sites is 2. The first kappa shape index (κ1) is 46.4. The number of fused-ring (bicyclic) bond motifs is 8. The van der Waals surface area contributed by atoms with Gasteiger partial charge in [-0.15, -0.1) is 0 Å². The van der Waals surface area contributed by atoms with Gasteiger partial charge in [0, 0.05) is 83.1 Å². The quantitative estimate of drug-likeness (QED) is 0.0960. The molecular formula is C54H56Br2N2O6. The smallest absolute Gasteiger partial charge is 0.260 e. The van der Waals surface area contributed by atoms with Crippen LogP contribution < -0.4 is 18.9 Å². The molecular weight excluding hydrogens is 932 g/mol. The Labute approximate surface area is 394 Å². The van der Waals surface area contributed by atoms with Crippen molar-refractivity contribution in [3.05, 3.63) is 186 Å². The summed E-state index contributed by atoms with van der Waals surface area (Å²) >= 11 is 7.73. The molecule has 8 bridgehead atoms. The summed E-state index contributed by atoms with van der Waals surface area (Å²) < 4.78 is 28.9. The van der Waals surface area contributed by atoms with Gasteiger partial charge in [-0.05, 0) is 85.3 Å². The maximum Gasteiger partial charge on any atom is 0.260 e. The summed E-state index contributed by atoms with van der Waals surface area (Å²) in [5.41, 5.74) is 9.61. The molecule has 8 nitrogen and oxygen atoms in total. The van der Waals surface area contributed by atoms with E-state index in [0.717, 1.165) is 76.1 Å². The molecule has 0 aliphatic heterocycles.